The lowest BCUT2D eigenvalue weighted by molar-refractivity contribution is -0.116. The van der Waals surface area contributed by atoms with Gasteiger partial charge in [-0.2, -0.15) is 0 Å². The minimum atomic E-state index is 0.0149. The second-order valence-corrected chi connectivity index (χ2v) is 5.70. The predicted molar refractivity (Wildman–Crippen MR) is 87.4 cm³/mol. The van der Waals surface area contributed by atoms with E-state index in [9.17, 15) is 4.79 Å². The van der Waals surface area contributed by atoms with Gasteiger partial charge < -0.3 is 20.1 Å². The van der Waals surface area contributed by atoms with Crippen molar-refractivity contribution in [3.05, 3.63) is 23.8 Å². The van der Waals surface area contributed by atoms with Crippen LogP contribution in [0.15, 0.2) is 18.2 Å². The quantitative estimate of drug-likeness (QED) is 0.725. The van der Waals surface area contributed by atoms with Crippen LogP contribution in [0.3, 0.4) is 0 Å². The molecule has 0 radical (unpaired) electrons. The molecule has 2 rings (SSSR count). The van der Waals surface area contributed by atoms with Gasteiger partial charge >= 0.3 is 0 Å². The lowest BCUT2D eigenvalue weighted by Gasteiger charge is -2.16. The molecular weight excluding hydrogens is 280 g/mol. The summed E-state index contributed by atoms with van der Waals surface area (Å²) in [7, 11) is 1.88. The average molecular weight is 306 g/mol. The molecule has 122 valence electrons. The van der Waals surface area contributed by atoms with Crippen LogP contribution in [0.5, 0.6) is 5.75 Å². The molecule has 0 aliphatic carbocycles. The van der Waals surface area contributed by atoms with E-state index in [0.29, 0.717) is 13.0 Å². The lowest BCUT2D eigenvalue weighted by atomic mass is 10.2. The highest BCUT2D eigenvalue weighted by atomic mass is 16.5. The fourth-order valence-electron chi connectivity index (χ4n) is 2.45. The molecule has 0 spiro atoms. The highest BCUT2D eigenvalue weighted by Crippen LogP contribution is 2.27. The first-order chi connectivity index (χ1) is 10.7. The van der Waals surface area contributed by atoms with Crippen LogP contribution in [0.25, 0.3) is 0 Å². The van der Waals surface area contributed by atoms with Gasteiger partial charge in [-0.15, -0.1) is 0 Å². The average Bonchev–Trinajstić information content (AvgIpc) is 3.01. The zero-order chi connectivity index (χ0) is 15.8. The summed E-state index contributed by atoms with van der Waals surface area (Å²) in [5.74, 6) is 0.735. The van der Waals surface area contributed by atoms with Crippen molar-refractivity contribution in [3.8, 4) is 5.75 Å². The summed E-state index contributed by atoms with van der Waals surface area (Å²) >= 11 is 0. The molecule has 1 unspecified atom stereocenters. The Hall–Kier alpha value is -1.59. The maximum atomic E-state index is 12.0. The number of hydrogen-bond donors (Lipinski definition) is 2. The molecule has 1 aromatic carbocycles. The number of carbonyl (C=O) groups is 1. The highest BCUT2D eigenvalue weighted by molar-refractivity contribution is 5.92. The molecule has 1 aliphatic heterocycles. The van der Waals surface area contributed by atoms with Crippen molar-refractivity contribution in [2.75, 3.05) is 32.1 Å². The maximum Gasteiger partial charge on any atom is 0.224 e. The summed E-state index contributed by atoms with van der Waals surface area (Å²) in [6, 6.07) is 5.83. The Morgan fingerprint density at radius 1 is 1.45 bits per heavy atom. The van der Waals surface area contributed by atoms with Crippen LogP contribution in [0.1, 0.15) is 31.2 Å². The number of benzene rings is 1. The van der Waals surface area contributed by atoms with Crippen molar-refractivity contribution in [2.45, 2.75) is 38.7 Å². The molecule has 22 heavy (non-hydrogen) atoms. The Kier molecular flexibility index (Phi) is 6.68. The number of amides is 1. The number of anilines is 1. The summed E-state index contributed by atoms with van der Waals surface area (Å²) in [6.07, 6.45) is 3.62. The third kappa shape index (κ3) is 5.31. The van der Waals surface area contributed by atoms with Gasteiger partial charge in [-0.1, -0.05) is 6.07 Å². The van der Waals surface area contributed by atoms with Crippen molar-refractivity contribution in [1.29, 1.82) is 0 Å². The molecule has 5 heteroatoms. The van der Waals surface area contributed by atoms with Gasteiger partial charge in [0.25, 0.3) is 0 Å². The van der Waals surface area contributed by atoms with Crippen LogP contribution in [-0.4, -0.2) is 38.8 Å². The smallest absolute Gasteiger partial charge is 0.224 e. The molecule has 5 nitrogen and oxygen atoms in total. The molecular formula is C17H26N2O3. The van der Waals surface area contributed by atoms with E-state index in [1.54, 1.807) is 0 Å². The van der Waals surface area contributed by atoms with Crippen molar-refractivity contribution >= 4 is 11.6 Å². The predicted octanol–water partition coefficient (Wildman–Crippen LogP) is 2.49. The van der Waals surface area contributed by atoms with Gasteiger partial charge in [0.1, 0.15) is 12.4 Å². The molecule has 2 N–H and O–H groups in total. The molecule has 1 atom stereocenters. The van der Waals surface area contributed by atoms with E-state index in [1.165, 1.54) is 0 Å². The number of carbonyl (C=O) groups excluding carboxylic acids is 1. The minimum absolute atomic E-state index is 0.0149. The monoisotopic (exact) mass is 306 g/mol. The van der Waals surface area contributed by atoms with E-state index in [2.05, 4.69) is 10.6 Å². The Morgan fingerprint density at radius 2 is 2.32 bits per heavy atom. The third-order valence-corrected chi connectivity index (χ3v) is 3.69. The zero-order valence-corrected chi connectivity index (χ0v) is 13.5. The van der Waals surface area contributed by atoms with E-state index >= 15 is 0 Å². The van der Waals surface area contributed by atoms with Gasteiger partial charge in [0, 0.05) is 13.0 Å². The SMILES string of the molecule is CNCCCC(=O)Nc1ccc(C)cc1OCC1CCCO1. The number of hydrogen-bond acceptors (Lipinski definition) is 4. The van der Waals surface area contributed by atoms with Crippen LogP contribution in [0, 0.1) is 6.92 Å². The highest BCUT2D eigenvalue weighted by Gasteiger charge is 2.17. The molecule has 1 amide bonds. The normalized spacial score (nSPS) is 17.5. The maximum absolute atomic E-state index is 12.0. The number of rotatable bonds is 8. The first-order valence-electron chi connectivity index (χ1n) is 7.98. The van der Waals surface area contributed by atoms with Gasteiger partial charge in [-0.3, -0.25) is 4.79 Å². The molecule has 1 aliphatic rings. The molecule has 1 heterocycles. The first-order valence-corrected chi connectivity index (χ1v) is 7.98. The van der Waals surface area contributed by atoms with E-state index < -0.39 is 0 Å². The minimum Gasteiger partial charge on any atom is -0.489 e. The van der Waals surface area contributed by atoms with Gasteiger partial charge in [-0.25, -0.2) is 0 Å². The van der Waals surface area contributed by atoms with Crippen LogP contribution >= 0.6 is 0 Å². The van der Waals surface area contributed by atoms with Crippen molar-refractivity contribution in [1.82, 2.24) is 5.32 Å². The molecule has 1 saturated heterocycles. The number of nitrogens with one attached hydrogen (secondary N) is 2. The largest absolute Gasteiger partial charge is 0.489 e. The Bertz CT molecular complexity index is 485. The van der Waals surface area contributed by atoms with Gasteiger partial charge in [0.15, 0.2) is 0 Å². The Morgan fingerprint density at radius 3 is 3.05 bits per heavy atom. The second-order valence-electron chi connectivity index (χ2n) is 5.70. The summed E-state index contributed by atoms with van der Waals surface area (Å²) in [6.45, 7) is 4.20. The number of ether oxygens (including phenoxy) is 2. The Balaban J connectivity index is 1.92. The van der Waals surface area contributed by atoms with Crippen molar-refractivity contribution in [2.24, 2.45) is 0 Å². The first kappa shape index (κ1) is 16.8. The van der Waals surface area contributed by atoms with Gasteiger partial charge in [0.05, 0.1) is 11.8 Å². The summed E-state index contributed by atoms with van der Waals surface area (Å²) in [4.78, 5) is 12.0. The van der Waals surface area contributed by atoms with E-state index in [-0.39, 0.29) is 12.0 Å². The van der Waals surface area contributed by atoms with Crippen molar-refractivity contribution < 1.29 is 14.3 Å². The second kappa shape index (κ2) is 8.76. The Labute approximate surface area is 132 Å². The summed E-state index contributed by atoms with van der Waals surface area (Å²) < 4.78 is 11.4. The molecule has 0 saturated carbocycles. The van der Waals surface area contributed by atoms with E-state index in [4.69, 9.17) is 9.47 Å². The molecule has 0 bridgehead atoms. The topological polar surface area (TPSA) is 59.6 Å². The molecule has 1 fully saturated rings. The summed E-state index contributed by atoms with van der Waals surface area (Å²) in [5.41, 5.74) is 1.84. The van der Waals surface area contributed by atoms with E-state index in [0.717, 1.165) is 49.4 Å². The van der Waals surface area contributed by atoms with Crippen LogP contribution in [0.4, 0.5) is 5.69 Å². The van der Waals surface area contributed by atoms with Crippen LogP contribution < -0.4 is 15.4 Å². The number of aryl methyl sites for hydroxylation is 1. The lowest BCUT2D eigenvalue weighted by Crippen LogP contribution is -2.18. The van der Waals surface area contributed by atoms with Gasteiger partial charge in [-0.05, 0) is 57.5 Å². The summed E-state index contributed by atoms with van der Waals surface area (Å²) in [5, 5.41) is 5.98. The molecule has 0 aromatic heterocycles. The van der Waals surface area contributed by atoms with Gasteiger partial charge in [0.2, 0.25) is 5.91 Å². The third-order valence-electron chi connectivity index (χ3n) is 3.69. The van der Waals surface area contributed by atoms with E-state index in [1.807, 2.05) is 32.2 Å². The van der Waals surface area contributed by atoms with Crippen LogP contribution in [-0.2, 0) is 9.53 Å². The fourth-order valence-corrected chi connectivity index (χ4v) is 2.45. The zero-order valence-electron chi connectivity index (χ0n) is 13.5. The van der Waals surface area contributed by atoms with Crippen LogP contribution in [0.2, 0.25) is 0 Å². The standard InChI is InChI=1S/C17H26N2O3/c1-13-7-8-15(19-17(20)6-3-9-18-2)16(11-13)22-12-14-5-4-10-21-14/h7-8,11,14,18H,3-6,9-10,12H2,1-2H3,(H,19,20). The molecule has 1 aromatic rings. The fraction of sp³-hybridized carbons (Fsp3) is 0.588. The van der Waals surface area contributed by atoms with Crippen molar-refractivity contribution in [3.63, 3.8) is 0 Å².